The number of likely N-dealkylation sites (N-methyl/N-ethyl adjacent to an activating group) is 1. The van der Waals surface area contributed by atoms with Crippen LogP contribution >= 0.6 is 7.82 Å². The van der Waals surface area contributed by atoms with Crippen LogP contribution in [0.1, 0.15) is 245 Å². The highest BCUT2D eigenvalue weighted by atomic mass is 31.2. The lowest BCUT2D eigenvalue weighted by Gasteiger charge is -2.29. The maximum Gasteiger partial charge on any atom is 0.268 e. The van der Waals surface area contributed by atoms with Crippen molar-refractivity contribution in [3.05, 3.63) is 60.8 Å². The highest BCUT2D eigenvalue weighted by Gasteiger charge is 2.23. The molecule has 0 aliphatic heterocycles. The quantitative estimate of drug-likeness (QED) is 0.0272. The molecular weight excluding hydrogens is 840 g/mol. The second-order valence-electron chi connectivity index (χ2n) is 19.9. The largest absolute Gasteiger partial charge is 0.756 e. The van der Waals surface area contributed by atoms with E-state index in [0.29, 0.717) is 17.4 Å². The van der Waals surface area contributed by atoms with Crippen molar-refractivity contribution in [2.24, 2.45) is 0 Å². The number of quaternary nitrogens is 1. The number of rotatable bonds is 50. The Hall–Kier alpha value is -1.80. The molecule has 9 heteroatoms. The topological polar surface area (TPSA) is 108 Å². The van der Waals surface area contributed by atoms with Crippen LogP contribution in [-0.2, 0) is 18.4 Å². The molecule has 3 atom stereocenters. The fraction of sp³-hybridized carbons (Fsp3) is 0.807. The van der Waals surface area contributed by atoms with Gasteiger partial charge in [-0.1, -0.05) is 229 Å². The monoisotopic (exact) mass is 947 g/mol. The number of phosphoric acid groups is 1. The van der Waals surface area contributed by atoms with Gasteiger partial charge in [-0.05, 0) is 70.6 Å². The lowest BCUT2D eigenvalue weighted by Crippen LogP contribution is -2.45. The van der Waals surface area contributed by atoms with Crippen molar-refractivity contribution in [1.29, 1.82) is 0 Å². The molecule has 0 aromatic carbocycles. The lowest BCUT2D eigenvalue weighted by atomic mass is 10.0. The van der Waals surface area contributed by atoms with Gasteiger partial charge in [-0.3, -0.25) is 9.36 Å². The third-order valence-corrected chi connectivity index (χ3v) is 13.2. The van der Waals surface area contributed by atoms with E-state index >= 15 is 0 Å². The molecule has 0 heterocycles. The predicted molar refractivity (Wildman–Crippen MR) is 284 cm³/mol. The first-order chi connectivity index (χ1) is 32.0. The number of nitrogens with one attached hydrogen (secondary N) is 1. The fourth-order valence-electron chi connectivity index (χ4n) is 7.82. The minimum Gasteiger partial charge on any atom is -0.756 e. The summed E-state index contributed by atoms with van der Waals surface area (Å²) in [4.78, 5) is 25.4. The summed E-state index contributed by atoms with van der Waals surface area (Å²) < 4.78 is 23.3. The molecule has 0 radical (unpaired) electrons. The molecule has 0 aromatic heterocycles. The van der Waals surface area contributed by atoms with Crippen molar-refractivity contribution in [1.82, 2.24) is 5.32 Å². The number of unbranched alkanes of at least 4 members (excludes halogenated alkanes) is 29. The van der Waals surface area contributed by atoms with Gasteiger partial charge in [-0.2, -0.15) is 0 Å². The third-order valence-electron chi connectivity index (χ3n) is 12.2. The van der Waals surface area contributed by atoms with Gasteiger partial charge in [0.05, 0.1) is 39.9 Å². The van der Waals surface area contributed by atoms with Gasteiger partial charge in [-0.25, -0.2) is 0 Å². The maximum absolute atomic E-state index is 12.9. The van der Waals surface area contributed by atoms with E-state index < -0.39 is 26.6 Å². The summed E-state index contributed by atoms with van der Waals surface area (Å²) in [6.07, 6.45) is 64.4. The molecule has 0 fully saturated rings. The van der Waals surface area contributed by atoms with Gasteiger partial charge in [0, 0.05) is 6.42 Å². The van der Waals surface area contributed by atoms with E-state index in [0.717, 1.165) is 64.2 Å². The van der Waals surface area contributed by atoms with Crippen LogP contribution in [0.2, 0.25) is 0 Å². The molecule has 3 unspecified atom stereocenters. The van der Waals surface area contributed by atoms with Crippen molar-refractivity contribution in [3.63, 3.8) is 0 Å². The average molecular weight is 947 g/mol. The van der Waals surface area contributed by atoms with Gasteiger partial charge >= 0.3 is 0 Å². The van der Waals surface area contributed by atoms with E-state index in [2.05, 4.69) is 67.8 Å². The molecule has 2 N–H and O–H groups in total. The number of hydrogen-bond donors (Lipinski definition) is 2. The van der Waals surface area contributed by atoms with E-state index in [1.807, 2.05) is 27.2 Å². The number of allylic oxidation sites excluding steroid dienone is 9. The zero-order valence-electron chi connectivity index (χ0n) is 43.9. The fourth-order valence-corrected chi connectivity index (χ4v) is 8.55. The van der Waals surface area contributed by atoms with Gasteiger partial charge in [-0.15, -0.1) is 0 Å². The van der Waals surface area contributed by atoms with Crippen molar-refractivity contribution >= 4 is 13.7 Å². The molecule has 0 spiro atoms. The summed E-state index contributed by atoms with van der Waals surface area (Å²) in [5.41, 5.74) is 0. The Kier molecular flexibility index (Phi) is 46.9. The molecule has 386 valence electrons. The van der Waals surface area contributed by atoms with E-state index in [1.165, 1.54) is 161 Å². The van der Waals surface area contributed by atoms with Crippen molar-refractivity contribution in [2.45, 2.75) is 257 Å². The predicted octanol–water partition coefficient (Wildman–Crippen LogP) is 15.9. The number of hydrogen-bond acceptors (Lipinski definition) is 6. The average Bonchev–Trinajstić information content (AvgIpc) is 3.28. The summed E-state index contributed by atoms with van der Waals surface area (Å²) >= 11 is 0. The Morgan fingerprint density at radius 3 is 1.36 bits per heavy atom. The van der Waals surface area contributed by atoms with E-state index in [-0.39, 0.29) is 12.5 Å². The zero-order chi connectivity index (χ0) is 48.5. The van der Waals surface area contributed by atoms with E-state index in [9.17, 15) is 19.4 Å². The zero-order valence-corrected chi connectivity index (χ0v) is 44.8. The number of aliphatic hydroxyl groups excluding tert-OH is 1. The molecule has 8 nitrogen and oxygen atoms in total. The Morgan fingerprint density at radius 2 is 0.894 bits per heavy atom. The Labute approximate surface area is 409 Å². The van der Waals surface area contributed by atoms with Crippen LogP contribution in [0.3, 0.4) is 0 Å². The standard InChI is InChI=1S/C57H107N2O6P/c1-6-8-10-12-14-16-18-20-22-24-26-27-28-29-30-31-33-34-36-38-40-42-44-46-48-50-56(60)55(54-65-66(62,63)64-53-52-59(3,4)5)58-57(61)51-49-47-45-43-41-39-37-35-32-25-23-21-19-17-15-13-11-9-7-2/h15,17,21,23,32,35,40,42,48,50,55-56,60H,6-14,16,18-20,22,24-31,33-34,36-39,41,43-47,49,51-54H2,1-5H3,(H-,58,61,62,63)/b17-15-,23-21-,35-32-,42-40+,50-48+. The molecule has 0 bridgehead atoms. The van der Waals surface area contributed by atoms with Crippen molar-refractivity contribution in [3.8, 4) is 0 Å². The highest BCUT2D eigenvalue weighted by Crippen LogP contribution is 2.38. The molecule has 0 aliphatic carbocycles. The summed E-state index contributed by atoms with van der Waals surface area (Å²) in [5.74, 6) is -0.220. The van der Waals surface area contributed by atoms with Crippen LogP contribution in [-0.4, -0.2) is 68.5 Å². The summed E-state index contributed by atoms with van der Waals surface area (Å²) in [6.45, 7) is 4.60. The van der Waals surface area contributed by atoms with Crippen LogP contribution in [0.4, 0.5) is 0 Å². The number of amides is 1. The SMILES string of the molecule is CCCCC/C=C\C/C=C\C/C=C\CCCCCCCCC(=O)NC(COP(=O)([O-])OCC[N+](C)(C)C)C(O)/C=C/CC/C=C/CCCCCCCCCCCCCCCCCCCCC. The van der Waals surface area contributed by atoms with Crippen LogP contribution in [0.15, 0.2) is 60.8 Å². The normalized spacial score (nSPS) is 14.5. The Bertz CT molecular complexity index is 1260. The molecule has 0 aliphatic rings. The molecule has 0 aromatic rings. The Balaban J connectivity index is 4.32. The molecule has 0 saturated heterocycles. The van der Waals surface area contributed by atoms with E-state index in [4.69, 9.17) is 9.05 Å². The molecule has 0 saturated carbocycles. The van der Waals surface area contributed by atoms with Crippen molar-refractivity contribution < 1.29 is 32.9 Å². The van der Waals surface area contributed by atoms with Crippen molar-refractivity contribution in [2.75, 3.05) is 40.9 Å². The van der Waals surface area contributed by atoms with E-state index in [1.54, 1.807) is 6.08 Å². The number of nitrogens with zero attached hydrogens (tertiary/aromatic N) is 1. The smallest absolute Gasteiger partial charge is 0.268 e. The summed E-state index contributed by atoms with van der Waals surface area (Å²) in [5, 5.41) is 13.8. The Morgan fingerprint density at radius 1 is 0.530 bits per heavy atom. The van der Waals surface area contributed by atoms with Crippen LogP contribution in [0.5, 0.6) is 0 Å². The number of carbonyl (C=O) groups excluding carboxylic acids is 1. The van der Waals surface area contributed by atoms with Crippen LogP contribution < -0.4 is 10.2 Å². The number of aliphatic hydroxyl groups is 1. The molecule has 66 heavy (non-hydrogen) atoms. The van der Waals surface area contributed by atoms with Gasteiger partial charge in [0.2, 0.25) is 5.91 Å². The first-order valence-electron chi connectivity index (χ1n) is 27.7. The third kappa shape index (κ3) is 50.1. The minimum absolute atomic E-state index is 0.0112. The molecule has 0 rings (SSSR count). The highest BCUT2D eigenvalue weighted by molar-refractivity contribution is 7.45. The van der Waals surface area contributed by atoms with Gasteiger partial charge in [0.15, 0.2) is 0 Å². The molecular formula is C57H107N2O6P. The van der Waals surface area contributed by atoms with Crippen LogP contribution in [0, 0.1) is 0 Å². The number of phosphoric ester groups is 1. The van der Waals surface area contributed by atoms with Gasteiger partial charge in [0.1, 0.15) is 13.2 Å². The second-order valence-corrected chi connectivity index (χ2v) is 21.3. The van der Waals surface area contributed by atoms with Crippen LogP contribution in [0.25, 0.3) is 0 Å². The lowest BCUT2D eigenvalue weighted by molar-refractivity contribution is -0.870. The minimum atomic E-state index is -4.61. The second kappa shape index (κ2) is 48.2. The first-order valence-corrected chi connectivity index (χ1v) is 29.1. The summed E-state index contributed by atoms with van der Waals surface area (Å²) in [6, 6.07) is -0.913. The maximum atomic E-state index is 12.9. The first kappa shape index (κ1) is 64.2. The summed E-state index contributed by atoms with van der Waals surface area (Å²) in [7, 11) is 1.23. The van der Waals surface area contributed by atoms with Gasteiger partial charge in [0.25, 0.3) is 7.82 Å². The van der Waals surface area contributed by atoms with Gasteiger partial charge < -0.3 is 28.8 Å². The molecule has 1 amide bonds. The number of carbonyl (C=O) groups is 1.